The van der Waals surface area contributed by atoms with Gasteiger partial charge in [-0.1, -0.05) is 29.8 Å². The zero-order valence-electron chi connectivity index (χ0n) is 14.4. The summed E-state index contributed by atoms with van der Waals surface area (Å²) in [6, 6.07) is 14.3. The summed E-state index contributed by atoms with van der Waals surface area (Å²) in [5, 5.41) is 7.95. The molecule has 0 bridgehead atoms. The van der Waals surface area contributed by atoms with E-state index >= 15 is 0 Å². The van der Waals surface area contributed by atoms with Gasteiger partial charge in [0.1, 0.15) is 6.54 Å². The van der Waals surface area contributed by atoms with Gasteiger partial charge >= 0.3 is 5.97 Å². The van der Waals surface area contributed by atoms with Gasteiger partial charge in [-0.3, -0.25) is 14.4 Å². The maximum Gasteiger partial charge on any atom is 0.323 e. The first-order chi connectivity index (χ1) is 12.4. The molecule has 2 amide bonds. The number of amides is 2. The Kier molecular flexibility index (Phi) is 4.99. The molecule has 1 aliphatic heterocycles. The monoisotopic (exact) mass is 370 g/mol. The third-order valence-electron chi connectivity index (χ3n) is 4.04. The van der Waals surface area contributed by atoms with Crippen molar-refractivity contribution < 1.29 is 19.5 Å². The van der Waals surface area contributed by atoms with Crippen LogP contribution in [0, 0.1) is 13.8 Å². The molecule has 0 radical (unpaired) electrons. The summed E-state index contributed by atoms with van der Waals surface area (Å²) in [4.78, 5) is 39.3. The Balaban J connectivity index is 1.95. The maximum absolute atomic E-state index is 12.9. The topological polar surface area (TPSA) is 77.9 Å². The molecule has 2 aromatic rings. The van der Waals surface area contributed by atoms with Crippen LogP contribution in [-0.2, 0) is 9.59 Å². The molecular formula is C19H18N2O4S. The molecule has 26 heavy (non-hydrogen) atoms. The van der Waals surface area contributed by atoms with Gasteiger partial charge in [-0.2, -0.15) is 0 Å². The van der Waals surface area contributed by atoms with E-state index in [1.54, 1.807) is 30.3 Å². The number of hydrogen-bond acceptors (Lipinski definition) is 5. The van der Waals surface area contributed by atoms with Gasteiger partial charge in [-0.05, 0) is 55.4 Å². The minimum atomic E-state index is -1.07. The van der Waals surface area contributed by atoms with Crippen LogP contribution in [0.3, 0.4) is 0 Å². The van der Waals surface area contributed by atoms with Crippen molar-refractivity contribution in [3.8, 4) is 0 Å². The van der Waals surface area contributed by atoms with E-state index in [9.17, 15) is 19.5 Å². The first-order valence-corrected chi connectivity index (χ1v) is 8.91. The van der Waals surface area contributed by atoms with Gasteiger partial charge < -0.3 is 10.0 Å². The highest BCUT2D eigenvalue weighted by atomic mass is 32.2. The Morgan fingerprint density at radius 1 is 1.12 bits per heavy atom. The fourth-order valence-electron chi connectivity index (χ4n) is 2.79. The van der Waals surface area contributed by atoms with E-state index in [1.807, 2.05) is 32.0 Å². The molecule has 0 aliphatic carbocycles. The molecule has 7 heteroatoms. The predicted molar refractivity (Wildman–Crippen MR) is 102 cm³/mol. The van der Waals surface area contributed by atoms with E-state index in [0.717, 1.165) is 27.8 Å². The lowest BCUT2D eigenvalue weighted by atomic mass is 10.2. The van der Waals surface area contributed by atoms with E-state index in [1.165, 1.54) is 4.90 Å². The first-order valence-electron chi connectivity index (χ1n) is 8.03. The van der Waals surface area contributed by atoms with Crippen molar-refractivity contribution in [1.29, 1.82) is 0 Å². The second kappa shape index (κ2) is 7.21. The van der Waals surface area contributed by atoms with E-state index in [4.69, 9.17) is 0 Å². The van der Waals surface area contributed by atoms with Crippen molar-refractivity contribution >= 4 is 40.3 Å². The number of rotatable bonds is 5. The van der Waals surface area contributed by atoms with Crippen molar-refractivity contribution in [3.63, 3.8) is 0 Å². The number of benzene rings is 2. The number of hydrogen-bond donors (Lipinski definition) is 1. The summed E-state index contributed by atoms with van der Waals surface area (Å²) in [6.07, 6.45) is 0. The number of carboxylic acids is 1. The average molecular weight is 370 g/mol. The van der Waals surface area contributed by atoms with E-state index in [2.05, 4.69) is 0 Å². The second-order valence-electron chi connectivity index (χ2n) is 6.11. The molecule has 6 nitrogen and oxygen atoms in total. The number of thioether (sulfide) groups is 1. The molecule has 1 aliphatic rings. The molecule has 1 saturated heterocycles. The van der Waals surface area contributed by atoms with Gasteiger partial charge in [-0.15, -0.1) is 0 Å². The van der Waals surface area contributed by atoms with Crippen molar-refractivity contribution in [1.82, 2.24) is 0 Å². The molecule has 3 rings (SSSR count). The standard InChI is InChI=1S/C19H18N2O4S/c1-12-6-8-14(9-7-12)20(11-16(22)23)18-17(24)21(19(25)26-18)15-5-3-4-13(2)10-15/h3-10,18H,11H2,1-2H3,(H,22,23). The summed E-state index contributed by atoms with van der Waals surface area (Å²) < 4.78 is 0. The number of anilines is 2. The van der Waals surface area contributed by atoms with Crippen molar-refractivity contribution in [2.24, 2.45) is 0 Å². The van der Waals surface area contributed by atoms with Crippen LogP contribution in [0.2, 0.25) is 0 Å². The number of carbonyl (C=O) groups excluding carboxylic acids is 2. The van der Waals surface area contributed by atoms with E-state index in [-0.39, 0.29) is 6.54 Å². The van der Waals surface area contributed by atoms with Gasteiger partial charge in [0.25, 0.3) is 11.1 Å². The smallest absolute Gasteiger partial charge is 0.323 e. The lowest BCUT2D eigenvalue weighted by Gasteiger charge is -2.27. The van der Waals surface area contributed by atoms with Crippen LogP contribution in [-0.4, -0.2) is 34.1 Å². The van der Waals surface area contributed by atoms with Gasteiger partial charge in [0.05, 0.1) is 5.69 Å². The van der Waals surface area contributed by atoms with Gasteiger partial charge in [0.2, 0.25) is 0 Å². The van der Waals surface area contributed by atoms with Gasteiger partial charge in [0.15, 0.2) is 5.37 Å². The summed E-state index contributed by atoms with van der Waals surface area (Å²) in [7, 11) is 0. The number of carboxylic acid groups (broad SMARTS) is 1. The van der Waals surface area contributed by atoms with Crippen LogP contribution in [0.5, 0.6) is 0 Å². The molecule has 0 spiro atoms. The largest absolute Gasteiger partial charge is 0.480 e. The average Bonchev–Trinajstić information content (AvgIpc) is 2.88. The minimum Gasteiger partial charge on any atom is -0.480 e. The highest BCUT2D eigenvalue weighted by Crippen LogP contribution is 2.36. The van der Waals surface area contributed by atoms with Crippen LogP contribution in [0.15, 0.2) is 48.5 Å². The van der Waals surface area contributed by atoms with Crippen molar-refractivity contribution in [3.05, 3.63) is 59.7 Å². The Bertz CT molecular complexity index is 866. The highest BCUT2D eigenvalue weighted by Gasteiger charge is 2.44. The van der Waals surface area contributed by atoms with Crippen LogP contribution in [0.25, 0.3) is 0 Å². The van der Waals surface area contributed by atoms with Crippen LogP contribution in [0.4, 0.5) is 16.2 Å². The molecule has 1 heterocycles. The third kappa shape index (κ3) is 3.57. The summed E-state index contributed by atoms with van der Waals surface area (Å²) in [6.45, 7) is 3.42. The van der Waals surface area contributed by atoms with Crippen molar-refractivity contribution in [2.45, 2.75) is 19.2 Å². The molecule has 1 atom stereocenters. The Morgan fingerprint density at radius 2 is 1.81 bits per heavy atom. The number of aryl methyl sites for hydroxylation is 2. The Labute approximate surface area is 155 Å². The molecule has 1 fully saturated rings. The maximum atomic E-state index is 12.9. The zero-order chi connectivity index (χ0) is 18.8. The quantitative estimate of drug-likeness (QED) is 0.869. The molecule has 0 saturated carbocycles. The first kappa shape index (κ1) is 18.0. The lowest BCUT2D eigenvalue weighted by Crippen LogP contribution is -2.44. The number of aliphatic carboxylic acids is 1. The van der Waals surface area contributed by atoms with E-state index < -0.39 is 22.5 Å². The normalized spacial score (nSPS) is 16.8. The Morgan fingerprint density at radius 3 is 2.42 bits per heavy atom. The molecule has 1 N–H and O–H groups in total. The highest BCUT2D eigenvalue weighted by molar-refractivity contribution is 8.16. The summed E-state index contributed by atoms with van der Waals surface area (Å²) >= 11 is 0.832. The fraction of sp³-hybridized carbons (Fsp3) is 0.211. The van der Waals surface area contributed by atoms with Gasteiger partial charge in [-0.25, -0.2) is 4.90 Å². The van der Waals surface area contributed by atoms with E-state index in [0.29, 0.717) is 11.4 Å². The zero-order valence-corrected chi connectivity index (χ0v) is 15.2. The van der Waals surface area contributed by atoms with Crippen LogP contribution in [0.1, 0.15) is 11.1 Å². The van der Waals surface area contributed by atoms with Crippen molar-refractivity contribution in [2.75, 3.05) is 16.3 Å². The Hall–Kier alpha value is -2.80. The SMILES string of the molecule is Cc1ccc(N(CC(=O)O)C2SC(=O)N(c3cccc(C)c3)C2=O)cc1. The number of carbonyl (C=O) groups is 3. The lowest BCUT2D eigenvalue weighted by molar-refractivity contribution is -0.135. The summed E-state index contributed by atoms with van der Waals surface area (Å²) in [5.41, 5.74) is 3.03. The molecular weight excluding hydrogens is 352 g/mol. The van der Waals surface area contributed by atoms with Crippen LogP contribution >= 0.6 is 11.8 Å². The van der Waals surface area contributed by atoms with Crippen LogP contribution < -0.4 is 9.80 Å². The molecule has 0 aromatic heterocycles. The number of nitrogens with zero attached hydrogens (tertiary/aromatic N) is 2. The van der Waals surface area contributed by atoms with Gasteiger partial charge in [0, 0.05) is 5.69 Å². The fourth-order valence-corrected chi connectivity index (χ4v) is 3.81. The predicted octanol–water partition coefficient (Wildman–Crippen LogP) is 3.42. The molecule has 2 aromatic carbocycles. The molecule has 134 valence electrons. The number of imide groups is 1. The molecule has 1 unspecified atom stereocenters. The minimum absolute atomic E-state index is 0.374. The second-order valence-corrected chi connectivity index (χ2v) is 7.14. The summed E-state index contributed by atoms with van der Waals surface area (Å²) in [5.74, 6) is -1.51. The third-order valence-corrected chi connectivity index (χ3v) is 5.10.